The van der Waals surface area contributed by atoms with Crippen molar-refractivity contribution in [1.29, 1.82) is 0 Å². The van der Waals surface area contributed by atoms with Crippen molar-refractivity contribution >= 4 is 37.5 Å². The molecule has 0 heterocycles. The van der Waals surface area contributed by atoms with Crippen LogP contribution >= 0.6 is 31.9 Å². The van der Waals surface area contributed by atoms with Crippen molar-refractivity contribution < 1.29 is 4.74 Å². The largest absolute Gasteiger partial charge is 0.494 e. The molecule has 0 saturated heterocycles. The second kappa shape index (κ2) is 8.44. The van der Waals surface area contributed by atoms with Crippen LogP contribution in [-0.4, -0.2) is 6.61 Å². The fraction of sp³-hybridized carbons (Fsp3) is 0.294. The molecule has 0 aromatic heterocycles. The Morgan fingerprint density at radius 2 is 1.67 bits per heavy atom. The van der Waals surface area contributed by atoms with Crippen molar-refractivity contribution in [2.75, 3.05) is 11.9 Å². The first-order valence-electron chi connectivity index (χ1n) is 7.10. The van der Waals surface area contributed by atoms with Gasteiger partial charge in [-0.1, -0.05) is 31.5 Å². The first-order valence-corrected chi connectivity index (χ1v) is 8.69. The number of unbranched alkanes of at least 4 members (excludes halogenated alkanes) is 1. The molecule has 0 unspecified atom stereocenters. The third kappa shape index (κ3) is 5.04. The summed E-state index contributed by atoms with van der Waals surface area (Å²) in [5.41, 5.74) is 2.29. The number of hydrogen-bond acceptors (Lipinski definition) is 2. The van der Waals surface area contributed by atoms with Gasteiger partial charge in [0.1, 0.15) is 5.75 Å². The number of benzene rings is 2. The van der Waals surface area contributed by atoms with Crippen LogP contribution in [0.15, 0.2) is 51.4 Å². The van der Waals surface area contributed by atoms with Crippen LogP contribution in [0.3, 0.4) is 0 Å². The Bertz CT molecular complexity index is 549. The molecule has 0 aliphatic heterocycles. The molecule has 0 aliphatic rings. The minimum atomic E-state index is 0.774. The maximum atomic E-state index is 5.67. The monoisotopic (exact) mass is 411 g/mol. The molecule has 1 N–H and O–H groups in total. The van der Waals surface area contributed by atoms with E-state index in [1.165, 1.54) is 5.56 Å². The van der Waals surface area contributed by atoms with E-state index in [2.05, 4.69) is 56.2 Å². The predicted molar refractivity (Wildman–Crippen MR) is 96.0 cm³/mol. The average molecular weight is 413 g/mol. The number of nitrogens with one attached hydrogen (secondary N) is 1. The van der Waals surface area contributed by atoms with Gasteiger partial charge in [-0.3, -0.25) is 0 Å². The molecule has 0 aliphatic carbocycles. The highest BCUT2D eigenvalue weighted by molar-refractivity contribution is 9.11. The molecule has 0 spiro atoms. The van der Waals surface area contributed by atoms with Crippen LogP contribution in [0.25, 0.3) is 0 Å². The summed E-state index contributed by atoms with van der Waals surface area (Å²) >= 11 is 7.11. The molecule has 0 amide bonds. The Morgan fingerprint density at radius 1 is 1.00 bits per heavy atom. The van der Waals surface area contributed by atoms with Crippen LogP contribution in [0.2, 0.25) is 0 Å². The van der Waals surface area contributed by atoms with Crippen molar-refractivity contribution in [3.8, 4) is 5.75 Å². The van der Waals surface area contributed by atoms with E-state index in [1.807, 2.05) is 30.3 Å². The highest BCUT2D eigenvalue weighted by atomic mass is 79.9. The summed E-state index contributed by atoms with van der Waals surface area (Å²) in [7, 11) is 0. The summed E-state index contributed by atoms with van der Waals surface area (Å²) in [4.78, 5) is 0. The predicted octanol–water partition coefficient (Wildman–Crippen LogP) is 6.00. The zero-order chi connectivity index (χ0) is 15.1. The van der Waals surface area contributed by atoms with E-state index < -0.39 is 0 Å². The number of halogens is 2. The van der Waals surface area contributed by atoms with Gasteiger partial charge < -0.3 is 10.1 Å². The number of anilines is 1. The summed E-state index contributed by atoms with van der Waals surface area (Å²) in [5.74, 6) is 0.939. The first-order chi connectivity index (χ1) is 10.2. The maximum Gasteiger partial charge on any atom is 0.119 e. The molecule has 0 fully saturated rings. The maximum absolute atomic E-state index is 5.67. The number of ether oxygens (including phenoxy) is 1. The molecule has 2 aromatic carbocycles. The second-order valence-electron chi connectivity index (χ2n) is 4.80. The van der Waals surface area contributed by atoms with Crippen LogP contribution in [0, 0.1) is 0 Å². The Kier molecular flexibility index (Phi) is 6.58. The van der Waals surface area contributed by atoms with Gasteiger partial charge in [0.2, 0.25) is 0 Å². The standard InChI is InChI=1S/C17H19Br2NO/c1-2-3-11-21-14-9-7-13(8-10-14)12-20-17-15(18)5-4-6-16(17)19/h4-10,20H,2-3,11-12H2,1H3. The second-order valence-corrected chi connectivity index (χ2v) is 6.50. The minimum absolute atomic E-state index is 0.774. The van der Waals surface area contributed by atoms with Crippen LogP contribution in [0.5, 0.6) is 5.75 Å². The molecule has 0 saturated carbocycles. The quantitative estimate of drug-likeness (QED) is 0.562. The zero-order valence-corrected chi connectivity index (χ0v) is 15.2. The van der Waals surface area contributed by atoms with Gasteiger partial charge in [0.25, 0.3) is 0 Å². The lowest BCUT2D eigenvalue weighted by atomic mass is 10.2. The van der Waals surface area contributed by atoms with E-state index in [0.717, 1.165) is 46.4 Å². The molecule has 2 nitrogen and oxygen atoms in total. The molecule has 2 aromatic rings. The van der Waals surface area contributed by atoms with Crippen molar-refractivity contribution in [2.45, 2.75) is 26.3 Å². The number of rotatable bonds is 7. The fourth-order valence-corrected chi connectivity index (χ4v) is 3.17. The lowest BCUT2D eigenvalue weighted by Crippen LogP contribution is -2.01. The van der Waals surface area contributed by atoms with Crippen molar-refractivity contribution in [1.82, 2.24) is 0 Å². The van der Waals surface area contributed by atoms with Gasteiger partial charge in [-0.2, -0.15) is 0 Å². The van der Waals surface area contributed by atoms with Crippen molar-refractivity contribution in [3.63, 3.8) is 0 Å². The van der Waals surface area contributed by atoms with Gasteiger partial charge >= 0.3 is 0 Å². The summed E-state index contributed by atoms with van der Waals surface area (Å²) in [6.45, 7) is 3.73. The van der Waals surface area contributed by atoms with Crippen molar-refractivity contribution in [2.24, 2.45) is 0 Å². The van der Waals surface area contributed by atoms with E-state index >= 15 is 0 Å². The average Bonchev–Trinajstić information content (AvgIpc) is 2.48. The molecule has 2 rings (SSSR count). The Balaban J connectivity index is 1.92. The van der Waals surface area contributed by atoms with Crippen molar-refractivity contribution in [3.05, 3.63) is 57.0 Å². The molecule has 0 atom stereocenters. The first kappa shape index (κ1) is 16.4. The van der Waals surface area contributed by atoms with E-state index in [0.29, 0.717) is 0 Å². The molecule has 0 bridgehead atoms. The topological polar surface area (TPSA) is 21.3 Å². The van der Waals surface area contributed by atoms with E-state index in [4.69, 9.17) is 4.74 Å². The van der Waals surface area contributed by atoms with Gasteiger partial charge in [-0.15, -0.1) is 0 Å². The smallest absolute Gasteiger partial charge is 0.119 e. The Labute approximate surface area is 143 Å². The van der Waals surface area contributed by atoms with Gasteiger partial charge in [-0.05, 0) is 68.1 Å². The lowest BCUT2D eigenvalue weighted by Gasteiger charge is -2.11. The molecular weight excluding hydrogens is 394 g/mol. The third-order valence-corrected chi connectivity index (χ3v) is 4.44. The minimum Gasteiger partial charge on any atom is -0.494 e. The zero-order valence-electron chi connectivity index (χ0n) is 12.0. The summed E-state index contributed by atoms with van der Waals surface area (Å²) in [6, 6.07) is 14.3. The van der Waals surface area contributed by atoms with E-state index in [-0.39, 0.29) is 0 Å². The third-order valence-electron chi connectivity index (χ3n) is 3.12. The van der Waals surface area contributed by atoms with Crippen LogP contribution in [-0.2, 0) is 6.54 Å². The van der Waals surface area contributed by atoms with Crippen LogP contribution < -0.4 is 10.1 Å². The van der Waals surface area contributed by atoms with Crippen LogP contribution in [0.4, 0.5) is 5.69 Å². The lowest BCUT2D eigenvalue weighted by molar-refractivity contribution is 0.309. The van der Waals surface area contributed by atoms with E-state index in [9.17, 15) is 0 Å². The molecule has 0 radical (unpaired) electrons. The SMILES string of the molecule is CCCCOc1ccc(CNc2c(Br)cccc2Br)cc1. The Morgan fingerprint density at radius 3 is 2.29 bits per heavy atom. The molecule has 112 valence electrons. The summed E-state index contributed by atoms with van der Waals surface area (Å²) < 4.78 is 7.77. The highest BCUT2D eigenvalue weighted by Crippen LogP contribution is 2.30. The molecule has 21 heavy (non-hydrogen) atoms. The Hall–Kier alpha value is -1.00. The molecular formula is C17H19Br2NO. The van der Waals surface area contributed by atoms with Gasteiger partial charge in [0.05, 0.1) is 12.3 Å². The van der Waals surface area contributed by atoms with E-state index in [1.54, 1.807) is 0 Å². The van der Waals surface area contributed by atoms with Crippen LogP contribution in [0.1, 0.15) is 25.3 Å². The number of hydrogen-bond donors (Lipinski definition) is 1. The summed E-state index contributed by atoms with van der Waals surface area (Å²) in [5, 5.41) is 3.43. The molecule has 4 heteroatoms. The fourth-order valence-electron chi connectivity index (χ4n) is 1.90. The number of para-hydroxylation sites is 1. The van der Waals surface area contributed by atoms with Gasteiger partial charge in [0.15, 0.2) is 0 Å². The van der Waals surface area contributed by atoms with Gasteiger partial charge in [-0.25, -0.2) is 0 Å². The summed E-state index contributed by atoms with van der Waals surface area (Å²) in [6.07, 6.45) is 2.25. The highest BCUT2D eigenvalue weighted by Gasteiger charge is 2.04. The normalized spacial score (nSPS) is 10.4. The van der Waals surface area contributed by atoms with Gasteiger partial charge in [0, 0.05) is 15.5 Å².